The maximum absolute atomic E-state index is 5.87. The second kappa shape index (κ2) is 8.36. The van der Waals surface area contributed by atoms with E-state index in [9.17, 15) is 0 Å². The number of rotatable bonds is 6. The Balaban J connectivity index is 1.43. The molecule has 0 aliphatic rings. The van der Waals surface area contributed by atoms with Crippen molar-refractivity contribution in [3.8, 4) is 23.2 Å². The topological polar surface area (TPSA) is 76.7 Å². The van der Waals surface area contributed by atoms with E-state index < -0.39 is 0 Å². The van der Waals surface area contributed by atoms with Gasteiger partial charge in [-0.2, -0.15) is 0 Å². The van der Waals surface area contributed by atoms with Crippen molar-refractivity contribution < 1.29 is 4.42 Å². The van der Waals surface area contributed by atoms with Crippen molar-refractivity contribution in [1.82, 2.24) is 20.2 Å². The lowest BCUT2D eigenvalue weighted by Crippen LogP contribution is -2.08. The number of benzene rings is 3. The third-order valence-electron chi connectivity index (χ3n) is 5.07. The number of aromatic nitrogens is 4. The molecular weight excluding hydrogens is 386 g/mol. The van der Waals surface area contributed by atoms with Crippen LogP contribution in [0.15, 0.2) is 83.3 Å². The van der Waals surface area contributed by atoms with Gasteiger partial charge in [0.15, 0.2) is 0 Å². The summed E-state index contributed by atoms with van der Waals surface area (Å²) in [6, 6.07) is 26.2. The molecule has 2 heterocycles. The van der Waals surface area contributed by atoms with Gasteiger partial charge in [-0.1, -0.05) is 60.2 Å². The minimum atomic E-state index is 0.297. The fourth-order valence-electron chi connectivity index (χ4n) is 3.40. The van der Waals surface area contributed by atoms with Crippen LogP contribution < -0.4 is 5.32 Å². The Labute approximate surface area is 180 Å². The molecule has 0 atom stereocenters. The van der Waals surface area contributed by atoms with Crippen LogP contribution in [0, 0.1) is 6.92 Å². The van der Waals surface area contributed by atoms with Crippen molar-refractivity contribution in [1.29, 1.82) is 0 Å². The molecule has 31 heavy (non-hydrogen) atoms. The van der Waals surface area contributed by atoms with Crippen LogP contribution in [0.3, 0.4) is 0 Å². The molecule has 5 aromatic rings. The van der Waals surface area contributed by atoms with E-state index in [2.05, 4.69) is 51.7 Å². The summed E-state index contributed by atoms with van der Waals surface area (Å²) in [6.45, 7) is 2.85. The first-order valence-electron chi connectivity index (χ1n) is 10.2. The number of nitrogens with one attached hydrogen (secondary N) is 1. The quantitative estimate of drug-likeness (QED) is 0.411. The Kier molecular flexibility index (Phi) is 5.10. The highest BCUT2D eigenvalue weighted by atomic mass is 16.4. The van der Waals surface area contributed by atoms with Crippen LogP contribution in [0.25, 0.3) is 34.1 Å². The summed E-state index contributed by atoms with van der Waals surface area (Å²) in [5.74, 6) is 1.91. The number of para-hydroxylation sites is 1. The molecule has 0 amide bonds. The minimum Gasteiger partial charge on any atom is -0.413 e. The zero-order chi connectivity index (χ0) is 21.0. The summed E-state index contributed by atoms with van der Waals surface area (Å²) in [6.07, 6.45) is 0.895. The molecule has 0 aliphatic heterocycles. The van der Waals surface area contributed by atoms with E-state index in [1.54, 1.807) is 0 Å². The highest BCUT2D eigenvalue weighted by Crippen LogP contribution is 2.26. The van der Waals surface area contributed by atoms with Gasteiger partial charge < -0.3 is 9.73 Å². The van der Waals surface area contributed by atoms with Crippen molar-refractivity contribution in [2.24, 2.45) is 0 Å². The molecule has 0 unspecified atom stereocenters. The van der Waals surface area contributed by atoms with Gasteiger partial charge in [0.05, 0.1) is 5.52 Å². The lowest BCUT2D eigenvalue weighted by atomic mass is 10.1. The largest absolute Gasteiger partial charge is 0.413 e. The summed E-state index contributed by atoms with van der Waals surface area (Å²) in [7, 11) is 0. The van der Waals surface area contributed by atoms with Crippen LogP contribution in [0.4, 0.5) is 5.82 Å². The molecule has 0 saturated heterocycles. The molecular formula is C25H21N5O. The Morgan fingerprint density at radius 3 is 2.35 bits per heavy atom. The lowest BCUT2D eigenvalue weighted by molar-refractivity contribution is 0.579. The zero-order valence-electron chi connectivity index (χ0n) is 17.1. The van der Waals surface area contributed by atoms with Crippen LogP contribution in [-0.2, 0) is 6.42 Å². The molecule has 0 fully saturated rings. The van der Waals surface area contributed by atoms with Gasteiger partial charge in [-0.05, 0) is 43.2 Å². The second-order valence-corrected chi connectivity index (χ2v) is 7.35. The first kappa shape index (κ1) is 18.9. The van der Waals surface area contributed by atoms with E-state index in [0.717, 1.165) is 35.2 Å². The summed E-state index contributed by atoms with van der Waals surface area (Å²) in [5, 5.41) is 12.8. The monoisotopic (exact) mass is 407 g/mol. The number of fused-ring (bicyclic) bond motifs is 1. The lowest BCUT2D eigenvalue weighted by Gasteiger charge is -2.10. The van der Waals surface area contributed by atoms with E-state index in [4.69, 9.17) is 9.40 Å². The fourth-order valence-corrected chi connectivity index (χ4v) is 3.40. The molecule has 0 saturated carbocycles. The normalized spacial score (nSPS) is 11.0. The van der Waals surface area contributed by atoms with Crippen molar-refractivity contribution in [2.75, 3.05) is 11.9 Å². The number of anilines is 1. The first-order valence-corrected chi connectivity index (χ1v) is 10.2. The predicted octanol–water partition coefficient (Wildman–Crippen LogP) is 5.31. The molecule has 6 heteroatoms. The molecule has 0 spiro atoms. The highest BCUT2D eigenvalue weighted by molar-refractivity contribution is 5.90. The number of hydrogen-bond acceptors (Lipinski definition) is 6. The van der Waals surface area contributed by atoms with Crippen molar-refractivity contribution in [3.63, 3.8) is 0 Å². The second-order valence-electron chi connectivity index (χ2n) is 7.35. The van der Waals surface area contributed by atoms with Crippen LogP contribution in [-0.4, -0.2) is 26.7 Å². The molecule has 152 valence electrons. The molecule has 6 nitrogen and oxygen atoms in total. The van der Waals surface area contributed by atoms with Gasteiger partial charge in [-0.3, -0.25) is 0 Å². The van der Waals surface area contributed by atoms with Crippen LogP contribution in [0.2, 0.25) is 0 Å². The van der Waals surface area contributed by atoms with Gasteiger partial charge in [0.25, 0.3) is 5.89 Å². The Bertz CT molecular complexity index is 1310. The third kappa shape index (κ3) is 4.14. The Hall–Kier alpha value is -4.06. The molecule has 0 radical (unpaired) electrons. The summed E-state index contributed by atoms with van der Waals surface area (Å²) >= 11 is 0. The maximum atomic E-state index is 5.87. The molecule has 5 rings (SSSR count). The van der Waals surface area contributed by atoms with Crippen molar-refractivity contribution in [3.05, 3.63) is 90.0 Å². The molecule has 1 N–H and O–H groups in total. The predicted molar refractivity (Wildman–Crippen MR) is 122 cm³/mol. The SMILES string of the molecule is Cc1ccc(CCNc2nc(-c3nnc(-c4ccccc4)o3)nc3ccccc23)cc1. The molecule has 3 aromatic carbocycles. The van der Waals surface area contributed by atoms with E-state index in [0.29, 0.717) is 17.6 Å². The number of hydrogen-bond donors (Lipinski definition) is 1. The van der Waals surface area contributed by atoms with Gasteiger partial charge in [0, 0.05) is 17.5 Å². The maximum Gasteiger partial charge on any atom is 0.286 e. The van der Waals surface area contributed by atoms with E-state index in [1.807, 2.05) is 54.6 Å². The average Bonchev–Trinajstić information content (AvgIpc) is 3.31. The zero-order valence-corrected chi connectivity index (χ0v) is 17.1. The smallest absolute Gasteiger partial charge is 0.286 e. The van der Waals surface area contributed by atoms with Crippen molar-refractivity contribution >= 4 is 16.7 Å². The Morgan fingerprint density at radius 2 is 1.52 bits per heavy atom. The summed E-state index contributed by atoms with van der Waals surface area (Å²) in [4.78, 5) is 9.35. The molecule has 0 aliphatic carbocycles. The van der Waals surface area contributed by atoms with E-state index in [-0.39, 0.29) is 0 Å². The first-order chi connectivity index (χ1) is 15.3. The van der Waals surface area contributed by atoms with E-state index in [1.165, 1.54) is 11.1 Å². The van der Waals surface area contributed by atoms with Crippen LogP contribution >= 0.6 is 0 Å². The average molecular weight is 407 g/mol. The van der Waals surface area contributed by atoms with Gasteiger partial charge >= 0.3 is 0 Å². The minimum absolute atomic E-state index is 0.297. The number of nitrogens with zero attached hydrogens (tertiary/aromatic N) is 4. The van der Waals surface area contributed by atoms with E-state index >= 15 is 0 Å². The fraction of sp³-hybridized carbons (Fsp3) is 0.120. The van der Waals surface area contributed by atoms with Crippen LogP contribution in [0.5, 0.6) is 0 Å². The Morgan fingerprint density at radius 1 is 0.774 bits per heavy atom. The highest BCUT2D eigenvalue weighted by Gasteiger charge is 2.16. The van der Waals surface area contributed by atoms with Crippen molar-refractivity contribution in [2.45, 2.75) is 13.3 Å². The number of aryl methyl sites for hydroxylation is 1. The summed E-state index contributed by atoms with van der Waals surface area (Å²) in [5.41, 5.74) is 4.22. The standard InChI is InChI=1S/C25H21N5O/c1-17-11-13-18(14-12-17)15-16-26-22-20-9-5-6-10-21(20)27-23(28-22)25-30-29-24(31-25)19-7-3-2-4-8-19/h2-14H,15-16H2,1H3,(H,26,27,28). The van der Waals surface area contributed by atoms with Gasteiger partial charge in [-0.15, -0.1) is 10.2 Å². The van der Waals surface area contributed by atoms with Gasteiger partial charge in [0.2, 0.25) is 11.7 Å². The van der Waals surface area contributed by atoms with Gasteiger partial charge in [0.1, 0.15) is 5.82 Å². The van der Waals surface area contributed by atoms with Gasteiger partial charge in [-0.25, -0.2) is 9.97 Å². The summed E-state index contributed by atoms with van der Waals surface area (Å²) < 4.78 is 5.87. The molecule has 0 bridgehead atoms. The molecule has 2 aromatic heterocycles. The van der Waals surface area contributed by atoms with Crippen LogP contribution in [0.1, 0.15) is 11.1 Å². The third-order valence-corrected chi connectivity index (χ3v) is 5.07.